The van der Waals surface area contributed by atoms with Crippen molar-refractivity contribution in [3.05, 3.63) is 30.3 Å². The molecular formula is C14H18ClNO3. The molecule has 1 aromatic rings. The smallest absolute Gasteiger partial charge is 0.412 e. The van der Waals surface area contributed by atoms with E-state index >= 15 is 0 Å². The van der Waals surface area contributed by atoms with Crippen LogP contribution in [0.25, 0.3) is 5.57 Å². The van der Waals surface area contributed by atoms with E-state index in [0.29, 0.717) is 5.57 Å². The molecule has 19 heavy (non-hydrogen) atoms. The number of ether oxygens (including phenoxy) is 1. The fraction of sp³-hybridized carbons (Fsp3) is 0.357. The molecule has 0 bridgehead atoms. The van der Waals surface area contributed by atoms with E-state index in [9.17, 15) is 9.90 Å². The van der Waals surface area contributed by atoms with Gasteiger partial charge in [-0.2, -0.15) is 0 Å². The number of hydrogen-bond donors (Lipinski definition) is 2. The molecule has 1 amide bonds. The second kappa shape index (κ2) is 5.97. The molecule has 0 spiro atoms. The van der Waals surface area contributed by atoms with Crippen molar-refractivity contribution in [2.45, 2.75) is 26.4 Å². The number of phenols is 1. The first-order chi connectivity index (χ1) is 8.73. The Balaban J connectivity index is 2.88. The minimum absolute atomic E-state index is 0.0445. The highest BCUT2D eigenvalue weighted by Gasteiger charge is 2.17. The molecule has 0 aromatic heterocycles. The van der Waals surface area contributed by atoms with Crippen molar-refractivity contribution in [1.29, 1.82) is 0 Å². The zero-order valence-electron chi connectivity index (χ0n) is 11.3. The van der Waals surface area contributed by atoms with Crippen LogP contribution in [-0.4, -0.2) is 22.7 Å². The summed E-state index contributed by atoms with van der Waals surface area (Å²) in [7, 11) is 0. The quantitative estimate of drug-likeness (QED) is 0.651. The van der Waals surface area contributed by atoms with Crippen LogP contribution in [0, 0.1) is 0 Å². The molecule has 0 aliphatic carbocycles. The number of halogens is 1. The first-order valence-corrected chi connectivity index (χ1v) is 6.33. The van der Waals surface area contributed by atoms with Gasteiger partial charge in [0.15, 0.2) is 0 Å². The predicted octanol–water partition coefficient (Wildman–Crippen LogP) is 3.99. The summed E-state index contributed by atoms with van der Waals surface area (Å²) in [5.41, 5.74) is 1.11. The average molecular weight is 284 g/mol. The summed E-state index contributed by atoms with van der Waals surface area (Å²) in [5, 5.41) is 12.2. The third kappa shape index (κ3) is 4.83. The van der Waals surface area contributed by atoms with Gasteiger partial charge in [-0.1, -0.05) is 12.6 Å². The summed E-state index contributed by atoms with van der Waals surface area (Å²) in [4.78, 5) is 11.6. The Kier molecular flexibility index (Phi) is 4.84. The Bertz CT molecular complexity index is 492. The number of carbonyl (C=O) groups excluding carboxylic acids is 1. The normalized spacial score (nSPS) is 10.9. The molecular weight excluding hydrogens is 266 g/mol. The molecule has 0 radical (unpaired) electrons. The van der Waals surface area contributed by atoms with E-state index < -0.39 is 11.7 Å². The lowest BCUT2D eigenvalue weighted by molar-refractivity contribution is 0.0635. The third-order valence-electron chi connectivity index (χ3n) is 2.20. The van der Waals surface area contributed by atoms with Crippen LogP contribution in [0.3, 0.4) is 0 Å². The van der Waals surface area contributed by atoms with Crippen LogP contribution >= 0.6 is 11.6 Å². The molecule has 0 aliphatic heterocycles. The van der Waals surface area contributed by atoms with Gasteiger partial charge in [-0.3, -0.25) is 5.32 Å². The summed E-state index contributed by atoms with van der Waals surface area (Å²) >= 11 is 5.70. The molecule has 4 nitrogen and oxygen atoms in total. The topological polar surface area (TPSA) is 58.6 Å². The molecule has 0 saturated heterocycles. The molecule has 104 valence electrons. The van der Waals surface area contributed by atoms with Gasteiger partial charge in [0.1, 0.15) is 11.4 Å². The Morgan fingerprint density at radius 3 is 2.63 bits per heavy atom. The molecule has 2 N–H and O–H groups in total. The molecule has 0 atom stereocenters. The van der Waals surface area contributed by atoms with Gasteiger partial charge in [-0.25, -0.2) is 4.79 Å². The van der Waals surface area contributed by atoms with Crippen molar-refractivity contribution in [2.24, 2.45) is 0 Å². The largest absolute Gasteiger partial charge is 0.506 e. The summed E-state index contributed by atoms with van der Waals surface area (Å²) in [6, 6.07) is 4.75. The van der Waals surface area contributed by atoms with Crippen molar-refractivity contribution >= 4 is 29.0 Å². The minimum Gasteiger partial charge on any atom is -0.506 e. The van der Waals surface area contributed by atoms with Crippen LogP contribution in [0.4, 0.5) is 10.5 Å². The highest BCUT2D eigenvalue weighted by Crippen LogP contribution is 2.28. The molecule has 0 aliphatic rings. The molecule has 1 aromatic carbocycles. The van der Waals surface area contributed by atoms with Crippen molar-refractivity contribution in [2.75, 3.05) is 11.2 Å². The van der Waals surface area contributed by atoms with Crippen LogP contribution in [0.15, 0.2) is 24.8 Å². The lowest BCUT2D eigenvalue weighted by Crippen LogP contribution is -2.27. The van der Waals surface area contributed by atoms with E-state index in [4.69, 9.17) is 16.3 Å². The zero-order chi connectivity index (χ0) is 14.6. The highest BCUT2D eigenvalue weighted by molar-refractivity contribution is 6.23. The summed E-state index contributed by atoms with van der Waals surface area (Å²) in [5.74, 6) is 0.230. The second-order valence-electron chi connectivity index (χ2n) is 5.10. The predicted molar refractivity (Wildman–Crippen MR) is 77.7 cm³/mol. The summed E-state index contributed by atoms with van der Waals surface area (Å²) in [6.45, 7) is 9.08. The van der Waals surface area contributed by atoms with Gasteiger partial charge in [0.05, 0.1) is 5.69 Å². The lowest BCUT2D eigenvalue weighted by Gasteiger charge is -2.20. The van der Waals surface area contributed by atoms with Gasteiger partial charge < -0.3 is 9.84 Å². The zero-order valence-corrected chi connectivity index (χ0v) is 12.0. The third-order valence-corrected chi connectivity index (χ3v) is 2.52. The van der Waals surface area contributed by atoms with Crippen molar-refractivity contribution < 1.29 is 14.6 Å². The summed E-state index contributed by atoms with van der Waals surface area (Å²) < 4.78 is 5.11. The molecule has 5 heteroatoms. The number of benzene rings is 1. The number of nitrogens with one attached hydrogen (secondary N) is 1. The maximum absolute atomic E-state index is 11.6. The van der Waals surface area contributed by atoms with Gasteiger partial charge in [0, 0.05) is 5.88 Å². The van der Waals surface area contributed by atoms with Gasteiger partial charge in [0.2, 0.25) is 0 Å². The van der Waals surface area contributed by atoms with Crippen LogP contribution in [-0.2, 0) is 4.74 Å². The van der Waals surface area contributed by atoms with Gasteiger partial charge in [-0.15, -0.1) is 11.6 Å². The standard InChI is InChI=1S/C14H18ClNO3/c1-9(8-15)10-5-6-12(17)11(7-10)16-13(18)19-14(2,3)4/h5-7,17H,1,8H2,2-4H3,(H,16,18). The van der Waals surface area contributed by atoms with Crippen LogP contribution in [0.2, 0.25) is 0 Å². The Morgan fingerprint density at radius 1 is 1.47 bits per heavy atom. The Hall–Kier alpha value is -1.68. The molecule has 0 heterocycles. The van der Waals surface area contributed by atoms with Crippen LogP contribution < -0.4 is 5.32 Å². The van der Waals surface area contributed by atoms with Crippen molar-refractivity contribution in [3.8, 4) is 5.75 Å². The number of alkyl halides is 1. The minimum atomic E-state index is -0.628. The monoisotopic (exact) mass is 283 g/mol. The summed E-state index contributed by atoms with van der Waals surface area (Å²) in [6.07, 6.45) is -0.628. The van der Waals surface area contributed by atoms with Gasteiger partial charge in [0.25, 0.3) is 0 Å². The number of hydrogen-bond acceptors (Lipinski definition) is 3. The van der Waals surface area contributed by atoms with E-state index in [1.165, 1.54) is 6.07 Å². The first-order valence-electron chi connectivity index (χ1n) is 5.80. The van der Waals surface area contributed by atoms with E-state index in [-0.39, 0.29) is 17.3 Å². The fourth-order valence-corrected chi connectivity index (χ4v) is 1.50. The number of anilines is 1. The maximum Gasteiger partial charge on any atom is 0.412 e. The molecule has 1 rings (SSSR count). The van der Waals surface area contributed by atoms with Crippen LogP contribution in [0.5, 0.6) is 5.75 Å². The number of aromatic hydroxyl groups is 1. The fourth-order valence-electron chi connectivity index (χ4n) is 1.35. The lowest BCUT2D eigenvalue weighted by atomic mass is 10.1. The number of carbonyl (C=O) groups is 1. The van der Waals surface area contributed by atoms with E-state index in [1.54, 1.807) is 32.9 Å². The molecule has 0 unspecified atom stereocenters. The number of rotatable bonds is 3. The Morgan fingerprint density at radius 2 is 2.11 bits per heavy atom. The van der Waals surface area contributed by atoms with E-state index in [2.05, 4.69) is 11.9 Å². The molecule has 0 saturated carbocycles. The van der Waals surface area contributed by atoms with Crippen LogP contribution in [0.1, 0.15) is 26.3 Å². The number of allylic oxidation sites excluding steroid dienone is 1. The number of amides is 1. The SMILES string of the molecule is C=C(CCl)c1ccc(O)c(NC(=O)OC(C)(C)C)c1. The first kappa shape index (κ1) is 15.4. The van der Waals surface area contributed by atoms with E-state index in [0.717, 1.165) is 5.56 Å². The van der Waals surface area contributed by atoms with Crippen molar-refractivity contribution in [1.82, 2.24) is 0 Å². The van der Waals surface area contributed by atoms with Crippen molar-refractivity contribution in [3.63, 3.8) is 0 Å². The van der Waals surface area contributed by atoms with E-state index in [1.807, 2.05) is 0 Å². The highest BCUT2D eigenvalue weighted by atomic mass is 35.5. The van der Waals surface area contributed by atoms with Gasteiger partial charge in [-0.05, 0) is 44.0 Å². The van der Waals surface area contributed by atoms with Gasteiger partial charge >= 0.3 is 6.09 Å². The average Bonchev–Trinajstić information content (AvgIpc) is 2.28. The number of phenolic OH excluding ortho intramolecular Hbond substituents is 1. The molecule has 0 fully saturated rings. The maximum atomic E-state index is 11.6. The Labute approximate surface area is 118 Å². The second-order valence-corrected chi connectivity index (χ2v) is 5.36.